The van der Waals surface area contributed by atoms with Gasteiger partial charge in [0.25, 0.3) is 0 Å². The molecular weight excluding hydrogens is 369 g/mol. The molecule has 0 spiro atoms. The highest BCUT2D eigenvalue weighted by Crippen LogP contribution is 2.34. The first-order valence-corrected chi connectivity index (χ1v) is 9.77. The highest BCUT2D eigenvalue weighted by molar-refractivity contribution is 5.88. The van der Waals surface area contributed by atoms with E-state index >= 15 is 0 Å². The van der Waals surface area contributed by atoms with Gasteiger partial charge < -0.3 is 10.0 Å². The molecule has 1 atom stereocenters. The SMILES string of the molecule is O=C(O)c1cnc(N2CCC[C@@H]2c2ccccc2)nc1CCc1ccc(F)cc1. The van der Waals surface area contributed by atoms with E-state index in [4.69, 9.17) is 0 Å². The van der Waals surface area contributed by atoms with Crippen molar-refractivity contribution in [1.82, 2.24) is 9.97 Å². The zero-order valence-electron chi connectivity index (χ0n) is 16.0. The Morgan fingerprint density at radius 1 is 1.10 bits per heavy atom. The van der Waals surface area contributed by atoms with Crippen molar-refractivity contribution in [3.05, 3.63) is 89.0 Å². The third kappa shape index (κ3) is 4.26. The molecule has 0 bridgehead atoms. The first kappa shape index (κ1) is 19.1. The predicted molar refractivity (Wildman–Crippen MR) is 109 cm³/mol. The van der Waals surface area contributed by atoms with Crippen molar-refractivity contribution in [3.8, 4) is 0 Å². The fraction of sp³-hybridized carbons (Fsp3) is 0.261. The Morgan fingerprint density at radius 3 is 2.59 bits per heavy atom. The van der Waals surface area contributed by atoms with Crippen LogP contribution < -0.4 is 4.90 Å². The van der Waals surface area contributed by atoms with E-state index in [1.54, 1.807) is 12.1 Å². The lowest BCUT2D eigenvalue weighted by Gasteiger charge is -2.25. The van der Waals surface area contributed by atoms with Crippen LogP contribution in [0.1, 0.15) is 46.1 Å². The number of benzene rings is 2. The number of aryl methyl sites for hydroxylation is 2. The summed E-state index contributed by atoms with van der Waals surface area (Å²) in [6.45, 7) is 0.837. The molecule has 4 rings (SSSR count). The molecule has 5 nitrogen and oxygen atoms in total. The van der Waals surface area contributed by atoms with E-state index in [9.17, 15) is 14.3 Å². The topological polar surface area (TPSA) is 66.3 Å². The Hall–Kier alpha value is -3.28. The highest BCUT2D eigenvalue weighted by atomic mass is 19.1. The van der Waals surface area contributed by atoms with Gasteiger partial charge in [-0.3, -0.25) is 0 Å². The number of carboxylic acids is 1. The van der Waals surface area contributed by atoms with Gasteiger partial charge in [0.1, 0.15) is 5.82 Å². The van der Waals surface area contributed by atoms with E-state index in [1.807, 2.05) is 18.2 Å². The summed E-state index contributed by atoms with van der Waals surface area (Å²) in [4.78, 5) is 22.8. The Bertz CT molecular complexity index is 993. The first-order chi connectivity index (χ1) is 14.1. The molecule has 1 saturated heterocycles. The van der Waals surface area contributed by atoms with Crippen LogP contribution in [0.25, 0.3) is 0 Å². The summed E-state index contributed by atoms with van der Waals surface area (Å²) in [7, 11) is 0. The number of carbonyl (C=O) groups is 1. The van der Waals surface area contributed by atoms with Crippen molar-refractivity contribution in [1.29, 1.82) is 0 Å². The van der Waals surface area contributed by atoms with Crippen molar-refractivity contribution in [2.75, 3.05) is 11.4 Å². The van der Waals surface area contributed by atoms with Gasteiger partial charge >= 0.3 is 5.97 Å². The van der Waals surface area contributed by atoms with Crippen molar-refractivity contribution in [3.63, 3.8) is 0 Å². The lowest BCUT2D eigenvalue weighted by molar-refractivity contribution is 0.0694. The number of nitrogens with zero attached hydrogens (tertiary/aromatic N) is 3. The molecule has 1 N–H and O–H groups in total. The second kappa shape index (κ2) is 8.39. The minimum Gasteiger partial charge on any atom is -0.478 e. The van der Waals surface area contributed by atoms with Crippen LogP contribution in [-0.4, -0.2) is 27.6 Å². The van der Waals surface area contributed by atoms with Crippen molar-refractivity contribution >= 4 is 11.9 Å². The molecular formula is C23H22FN3O2. The highest BCUT2D eigenvalue weighted by Gasteiger charge is 2.28. The average Bonchev–Trinajstić information content (AvgIpc) is 3.23. The molecule has 6 heteroatoms. The maximum atomic E-state index is 13.1. The van der Waals surface area contributed by atoms with Gasteiger partial charge in [-0.05, 0) is 48.9 Å². The number of hydrogen-bond donors (Lipinski definition) is 1. The molecule has 148 valence electrons. The molecule has 0 amide bonds. The van der Waals surface area contributed by atoms with Crippen LogP contribution in [0.5, 0.6) is 0 Å². The molecule has 2 heterocycles. The minimum atomic E-state index is -1.04. The Morgan fingerprint density at radius 2 is 1.86 bits per heavy atom. The van der Waals surface area contributed by atoms with Crippen molar-refractivity contribution in [2.45, 2.75) is 31.7 Å². The molecule has 0 radical (unpaired) electrons. The van der Waals surface area contributed by atoms with Crippen LogP contribution in [0.4, 0.5) is 10.3 Å². The molecule has 1 aliphatic heterocycles. The summed E-state index contributed by atoms with van der Waals surface area (Å²) < 4.78 is 13.1. The third-order valence-electron chi connectivity index (χ3n) is 5.34. The lowest BCUT2D eigenvalue weighted by Crippen LogP contribution is -2.25. The molecule has 2 aromatic carbocycles. The van der Waals surface area contributed by atoms with Crippen LogP contribution in [0.15, 0.2) is 60.8 Å². The van der Waals surface area contributed by atoms with Crippen LogP contribution in [0.3, 0.4) is 0 Å². The summed E-state index contributed by atoms with van der Waals surface area (Å²) in [5.41, 5.74) is 2.77. The van der Waals surface area contributed by atoms with E-state index in [1.165, 1.54) is 23.9 Å². The number of carboxylic acid groups (broad SMARTS) is 1. The molecule has 0 saturated carbocycles. The number of rotatable bonds is 6. The van der Waals surface area contributed by atoms with E-state index in [-0.39, 0.29) is 17.4 Å². The van der Waals surface area contributed by atoms with Crippen LogP contribution in [0, 0.1) is 5.82 Å². The number of aromatic carboxylic acids is 1. The van der Waals surface area contributed by atoms with Gasteiger partial charge in [0.05, 0.1) is 17.3 Å². The molecule has 29 heavy (non-hydrogen) atoms. The summed E-state index contributed by atoms with van der Waals surface area (Å²) in [5, 5.41) is 9.54. The molecule has 0 aliphatic carbocycles. The number of halogens is 1. The maximum Gasteiger partial charge on any atom is 0.339 e. The van der Waals surface area contributed by atoms with Crippen molar-refractivity contribution in [2.24, 2.45) is 0 Å². The summed E-state index contributed by atoms with van der Waals surface area (Å²) in [5.74, 6) is -0.757. The zero-order valence-corrected chi connectivity index (χ0v) is 16.0. The van der Waals surface area contributed by atoms with Crippen LogP contribution in [-0.2, 0) is 12.8 Å². The quantitative estimate of drug-likeness (QED) is 0.673. The number of anilines is 1. The third-order valence-corrected chi connectivity index (χ3v) is 5.34. The monoisotopic (exact) mass is 391 g/mol. The Balaban J connectivity index is 1.60. The van der Waals surface area contributed by atoms with E-state index in [0.717, 1.165) is 24.9 Å². The van der Waals surface area contributed by atoms with Gasteiger partial charge in [-0.25, -0.2) is 19.2 Å². The van der Waals surface area contributed by atoms with Gasteiger partial charge in [0.15, 0.2) is 0 Å². The Kier molecular flexibility index (Phi) is 5.51. The normalized spacial score (nSPS) is 16.2. The lowest BCUT2D eigenvalue weighted by atomic mass is 10.0. The second-order valence-corrected chi connectivity index (χ2v) is 7.22. The summed E-state index contributed by atoms with van der Waals surface area (Å²) in [6.07, 6.45) is 4.49. The smallest absolute Gasteiger partial charge is 0.339 e. The van der Waals surface area contributed by atoms with E-state index < -0.39 is 5.97 Å². The van der Waals surface area contributed by atoms with Crippen molar-refractivity contribution < 1.29 is 14.3 Å². The number of aromatic nitrogens is 2. The predicted octanol–water partition coefficient (Wildman–Crippen LogP) is 4.44. The average molecular weight is 391 g/mol. The molecule has 1 fully saturated rings. The number of hydrogen-bond acceptors (Lipinski definition) is 4. The molecule has 1 aromatic heterocycles. The van der Waals surface area contributed by atoms with Crippen LogP contribution in [0.2, 0.25) is 0 Å². The fourth-order valence-corrected chi connectivity index (χ4v) is 3.86. The zero-order chi connectivity index (χ0) is 20.2. The van der Waals surface area contributed by atoms with Crippen LogP contribution >= 0.6 is 0 Å². The van der Waals surface area contributed by atoms with Gasteiger partial charge in [0, 0.05) is 12.7 Å². The van der Waals surface area contributed by atoms with E-state index in [2.05, 4.69) is 27.0 Å². The Labute approximate surface area is 168 Å². The molecule has 0 unspecified atom stereocenters. The largest absolute Gasteiger partial charge is 0.478 e. The maximum absolute atomic E-state index is 13.1. The second-order valence-electron chi connectivity index (χ2n) is 7.22. The van der Waals surface area contributed by atoms with Gasteiger partial charge in [-0.1, -0.05) is 42.5 Å². The molecule has 3 aromatic rings. The summed E-state index contributed by atoms with van der Waals surface area (Å²) in [6, 6.07) is 16.7. The minimum absolute atomic E-state index is 0.117. The van der Waals surface area contributed by atoms with Gasteiger partial charge in [-0.15, -0.1) is 0 Å². The van der Waals surface area contributed by atoms with Gasteiger partial charge in [-0.2, -0.15) is 0 Å². The van der Waals surface area contributed by atoms with Gasteiger partial charge in [0.2, 0.25) is 5.95 Å². The first-order valence-electron chi connectivity index (χ1n) is 9.77. The summed E-state index contributed by atoms with van der Waals surface area (Å²) >= 11 is 0. The van der Waals surface area contributed by atoms with E-state index in [0.29, 0.717) is 24.5 Å². The standard InChI is InChI=1S/C23H22FN3O2/c24-18-11-8-16(9-12-18)10-13-20-19(22(28)29)15-25-23(26-20)27-14-4-7-21(27)17-5-2-1-3-6-17/h1-3,5-6,8-9,11-12,15,21H,4,7,10,13-14H2,(H,28,29)/t21-/m1/s1. The molecule has 1 aliphatic rings. The fourth-order valence-electron chi connectivity index (χ4n) is 3.86.